The average Bonchev–Trinajstić information content (AvgIpc) is 3.42. The second-order valence-electron chi connectivity index (χ2n) is 6.70. The quantitative estimate of drug-likeness (QED) is 0.835. The predicted molar refractivity (Wildman–Crippen MR) is 97.1 cm³/mol. The number of carbonyl (C=O) groups excluding carboxylic acids is 2. The summed E-state index contributed by atoms with van der Waals surface area (Å²) in [5, 5.41) is 2.70. The standard InChI is InChI=1S/C20H22N2O4/c1-13-9-12-22(14(2)15-7-5-4-6-8-15)18(24)16(13)17(23)21-20(10-11-20)19(25)26-3/h4-9,12,14H,10-11H2,1-3H3,(H,21,23). The number of esters is 1. The maximum Gasteiger partial charge on any atom is 0.331 e. The molecule has 0 radical (unpaired) electrons. The molecule has 3 rings (SSSR count). The summed E-state index contributed by atoms with van der Waals surface area (Å²) in [5.74, 6) is -1.01. The van der Waals surface area contributed by atoms with Gasteiger partial charge in [-0.3, -0.25) is 9.59 Å². The van der Waals surface area contributed by atoms with E-state index in [1.165, 1.54) is 11.7 Å². The normalized spacial score (nSPS) is 15.8. The molecule has 26 heavy (non-hydrogen) atoms. The molecule has 6 heteroatoms. The number of hydrogen-bond donors (Lipinski definition) is 1. The molecule has 0 aliphatic heterocycles. The number of nitrogens with zero attached hydrogens (tertiary/aromatic N) is 1. The molecular weight excluding hydrogens is 332 g/mol. The van der Waals surface area contributed by atoms with Crippen LogP contribution in [0.3, 0.4) is 0 Å². The van der Waals surface area contributed by atoms with Gasteiger partial charge in [-0.2, -0.15) is 0 Å². The lowest BCUT2D eigenvalue weighted by Gasteiger charge is -2.19. The fourth-order valence-corrected chi connectivity index (χ4v) is 3.09. The minimum Gasteiger partial charge on any atom is -0.467 e. The van der Waals surface area contributed by atoms with Crippen molar-refractivity contribution in [2.75, 3.05) is 7.11 Å². The molecule has 0 bridgehead atoms. The first-order valence-corrected chi connectivity index (χ1v) is 8.57. The summed E-state index contributed by atoms with van der Waals surface area (Å²) in [5.41, 5.74) is 0.240. The van der Waals surface area contributed by atoms with E-state index < -0.39 is 17.4 Å². The zero-order chi connectivity index (χ0) is 18.9. The van der Waals surface area contributed by atoms with Gasteiger partial charge < -0.3 is 14.6 Å². The largest absolute Gasteiger partial charge is 0.467 e. The van der Waals surface area contributed by atoms with Crippen LogP contribution in [0.5, 0.6) is 0 Å². The van der Waals surface area contributed by atoms with E-state index in [9.17, 15) is 14.4 Å². The van der Waals surface area contributed by atoms with Crippen molar-refractivity contribution >= 4 is 11.9 Å². The van der Waals surface area contributed by atoms with Crippen LogP contribution in [-0.4, -0.2) is 29.1 Å². The highest BCUT2D eigenvalue weighted by Crippen LogP contribution is 2.36. The molecule has 1 aliphatic rings. The Kier molecular flexibility index (Phi) is 4.68. The van der Waals surface area contributed by atoms with Crippen molar-refractivity contribution in [3.05, 3.63) is 69.6 Å². The number of aromatic nitrogens is 1. The van der Waals surface area contributed by atoms with Gasteiger partial charge in [-0.1, -0.05) is 30.3 Å². The number of hydrogen-bond acceptors (Lipinski definition) is 4. The summed E-state index contributed by atoms with van der Waals surface area (Å²) in [6.07, 6.45) is 2.73. The number of benzene rings is 1. The topological polar surface area (TPSA) is 77.4 Å². The fourth-order valence-electron chi connectivity index (χ4n) is 3.09. The van der Waals surface area contributed by atoms with Gasteiger partial charge in [0, 0.05) is 6.20 Å². The van der Waals surface area contributed by atoms with Gasteiger partial charge >= 0.3 is 5.97 Å². The smallest absolute Gasteiger partial charge is 0.331 e. The van der Waals surface area contributed by atoms with E-state index in [2.05, 4.69) is 5.32 Å². The third kappa shape index (κ3) is 3.14. The average molecular weight is 354 g/mol. The maximum atomic E-state index is 13.0. The van der Waals surface area contributed by atoms with E-state index in [-0.39, 0.29) is 17.2 Å². The molecule has 1 unspecified atom stereocenters. The van der Waals surface area contributed by atoms with Crippen LogP contribution in [0.4, 0.5) is 0 Å². The third-order valence-electron chi connectivity index (χ3n) is 4.93. The molecule has 6 nitrogen and oxygen atoms in total. The van der Waals surface area contributed by atoms with Gasteiger partial charge in [0.05, 0.1) is 13.2 Å². The molecule has 2 aromatic rings. The first-order valence-electron chi connectivity index (χ1n) is 8.57. The first kappa shape index (κ1) is 17.9. The molecule has 1 aliphatic carbocycles. The summed E-state index contributed by atoms with van der Waals surface area (Å²) < 4.78 is 6.29. The Morgan fingerprint density at radius 1 is 1.19 bits per heavy atom. The molecule has 1 saturated carbocycles. The molecule has 136 valence electrons. The molecule has 1 aromatic heterocycles. The van der Waals surface area contributed by atoms with Crippen molar-refractivity contribution < 1.29 is 14.3 Å². The Morgan fingerprint density at radius 2 is 1.85 bits per heavy atom. The van der Waals surface area contributed by atoms with Gasteiger partial charge in [-0.25, -0.2) is 4.79 Å². The highest BCUT2D eigenvalue weighted by Gasteiger charge is 2.52. The van der Waals surface area contributed by atoms with E-state index in [0.29, 0.717) is 18.4 Å². The van der Waals surface area contributed by atoms with Crippen molar-refractivity contribution in [3.8, 4) is 0 Å². The molecule has 1 amide bonds. The van der Waals surface area contributed by atoms with Crippen molar-refractivity contribution in [2.24, 2.45) is 0 Å². The van der Waals surface area contributed by atoms with Crippen LogP contribution >= 0.6 is 0 Å². The van der Waals surface area contributed by atoms with Crippen LogP contribution in [0.1, 0.15) is 47.3 Å². The molecule has 1 N–H and O–H groups in total. The predicted octanol–water partition coefficient (Wildman–Crippen LogP) is 2.20. The lowest BCUT2D eigenvalue weighted by atomic mass is 10.1. The van der Waals surface area contributed by atoms with E-state index in [1.807, 2.05) is 37.3 Å². The number of amides is 1. The minimum absolute atomic E-state index is 0.0606. The summed E-state index contributed by atoms with van der Waals surface area (Å²) in [6, 6.07) is 11.1. The number of pyridine rings is 1. The van der Waals surface area contributed by atoms with E-state index in [4.69, 9.17) is 4.74 Å². The van der Waals surface area contributed by atoms with Crippen LogP contribution in [0, 0.1) is 6.92 Å². The Hall–Kier alpha value is -2.89. The molecule has 1 heterocycles. The van der Waals surface area contributed by atoms with Crippen molar-refractivity contribution in [3.63, 3.8) is 0 Å². The van der Waals surface area contributed by atoms with Crippen LogP contribution in [-0.2, 0) is 9.53 Å². The van der Waals surface area contributed by atoms with Crippen molar-refractivity contribution in [1.29, 1.82) is 0 Å². The van der Waals surface area contributed by atoms with Gasteiger partial charge in [-0.15, -0.1) is 0 Å². The van der Waals surface area contributed by atoms with Crippen molar-refractivity contribution in [1.82, 2.24) is 9.88 Å². The minimum atomic E-state index is -0.990. The van der Waals surface area contributed by atoms with Crippen LogP contribution in [0.2, 0.25) is 0 Å². The molecule has 1 aromatic carbocycles. The summed E-state index contributed by atoms with van der Waals surface area (Å²) in [4.78, 5) is 37.6. The van der Waals surface area contributed by atoms with Gasteiger partial charge in [0.1, 0.15) is 11.1 Å². The van der Waals surface area contributed by atoms with Gasteiger partial charge in [0.15, 0.2) is 0 Å². The van der Waals surface area contributed by atoms with Gasteiger partial charge in [-0.05, 0) is 43.9 Å². The lowest BCUT2D eigenvalue weighted by molar-refractivity contribution is -0.144. The Balaban J connectivity index is 1.95. The second kappa shape index (κ2) is 6.78. The Morgan fingerprint density at radius 3 is 2.42 bits per heavy atom. The van der Waals surface area contributed by atoms with Gasteiger partial charge in [0.25, 0.3) is 11.5 Å². The summed E-state index contributed by atoms with van der Waals surface area (Å²) in [6.45, 7) is 3.62. The van der Waals surface area contributed by atoms with Crippen molar-refractivity contribution in [2.45, 2.75) is 38.3 Å². The van der Waals surface area contributed by atoms with Crippen LogP contribution in [0.15, 0.2) is 47.4 Å². The maximum absolute atomic E-state index is 13.0. The number of carbonyl (C=O) groups is 2. The van der Waals surface area contributed by atoms with E-state index in [0.717, 1.165) is 5.56 Å². The Bertz CT molecular complexity index is 898. The van der Waals surface area contributed by atoms with Gasteiger partial charge in [0.2, 0.25) is 0 Å². The third-order valence-corrected chi connectivity index (χ3v) is 4.93. The van der Waals surface area contributed by atoms with Crippen LogP contribution in [0.25, 0.3) is 0 Å². The van der Waals surface area contributed by atoms with E-state index in [1.54, 1.807) is 19.2 Å². The molecule has 0 saturated heterocycles. The zero-order valence-corrected chi connectivity index (χ0v) is 15.1. The molecule has 0 spiro atoms. The fraction of sp³-hybridized carbons (Fsp3) is 0.350. The first-order chi connectivity index (χ1) is 12.4. The highest BCUT2D eigenvalue weighted by atomic mass is 16.5. The number of rotatable bonds is 5. The molecule has 1 atom stereocenters. The number of aryl methyl sites for hydroxylation is 1. The summed E-state index contributed by atoms with van der Waals surface area (Å²) in [7, 11) is 1.29. The zero-order valence-electron chi connectivity index (χ0n) is 15.1. The number of methoxy groups -OCH3 is 1. The Labute approximate surface area is 151 Å². The lowest BCUT2D eigenvalue weighted by Crippen LogP contribution is -2.46. The van der Waals surface area contributed by atoms with E-state index >= 15 is 0 Å². The van der Waals surface area contributed by atoms with Crippen LogP contribution < -0.4 is 10.9 Å². The SMILES string of the molecule is COC(=O)C1(NC(=O)c2c(C)ccn(C(C)c3ccccc3)c2=O)CC1. The number of nitrogens with one attached hydrogen (secondary N) is 1. The monoisotopic (exact) mass is 354 g/mol. The molecule has 1 fully saturated rings. The molecular formula is C20H22N2O4. The highest BCUT2D eigenvalue weighted by molar-refractivity contribution is 6.00. The summed E-state index contributed by atoms with van der Waals surface area (Å²) >= 11 is 0. The number of ether oxygens (including phenoxy) is 1. The second-order valence-corrected chi connectivity index (χ2v) is 6.70.